The highest BCUT2D eigenvalue weighted by atomic mass is 19.4. The van der Waals surface area contributed by atoms with Crippen LogP contribution in [0.25, 0.3) is 0 Å². The van der Waals surface area contributed by atoms with Crippen LogP contribution in [0.4, 0.5) is 13.2 Å². The van der Waals surface area contributed by atoms with Crippen molar-refractivity contribution in [1.29, 1.82) is 0 Å². The lowest BCUT2D eigenvalue weighted by Crippen LogP contribution is -2.53. The zero-order chi connectivity index (χ0) is 12.9. The lowest BCUT2D eigenvalue weighted by atomic mass is 9.89. The molecule has 1 rings (SSSR count). The first-order chi connectivity index (χ1) is 7.91. The third kappa shape index (κ3) is 4.84. The summed E-state index contributed by atoms with van der Waals surface area (Å²) < 4.78 is 36.8. The average molecular weight is 252 g/mol. The van der Waals surface area contributed by atoms with Crippen LogP contribution in [-0.4, -0.2) is 24.8 Å². The summed E-state index contributed by atoms with van der Waals surface area (Å²) in [6, 6.07) is 0. The highest BCUT2D eigenvalue weighted by Crippen LogP contribution is 2.32. The van der Waals surface area contributed by atoms with E-state index in [1.807, 2.05) is 0 Å². The van der Waals surface area contributed by atoms with Crippen LogP contribution in [0.3, 0.4) is 0 Å². The Bertz CT molecular complexity index is 230. The Morgan fingerprint density at radius 1 is 1.29 bits per heavy atom. The van der Waals surface area contributed by atoms with Gasteiger partial charge in [0, 0.05) is 12.1 Å². The van der Waals surface area contributed by atoms with Crippen LogP contribution in [0.15, 0.2) is 0 Å². The van der Waals surface area contributed by atoms with Gasteiger partial charge in [0.2, 0.25) is 0 Å². The van der Waals surface area contributed by atoms with E-state index in [0.29, 0.717) is 12.5 Å². The molecule has 0 aromatic rings. The molecule has 0 heterocycles. The van der Waals surface area contributed by atoms with E-state index in [1.165, 1.54) is 0 Å². The van der Waals surface area contributed by atoms with E-state index in [1.54, 1.807) is 0 Å². The van der Waals surface area contributed by atoms with Gasteiger partial charge < -0.3 is 11.1 Å². The first-order valence-electron chi connectivity index (χ1n) is 6.42. The van der Waals surface area contributed by atoms with Crippen molar-refractivity contribution in [2.45, 2.75) is 57.2 Å². The summed E-state index contributed by atoms with van der Waals surface area (Å²) in [6.45, 7) is 1.50. The highest BCUT2D eigenvalue weighted by molar-refractivity contribution is 4.92. The van der Waals surface area contributed by atoms with Gasteiger partial charge in [-0.25, -0.2) is 0 Å². The Kier molecular flexibility index (Phi) is 5.25. The smallest absolute Gasteiger partial charge is 0.329 e. The van der Waals surface area contributed by atoms with Crippen LogP contribution in [-0.2, 0) is 0 Å². The molecule has 0 aromatic carbocycles. The third-order valence-electron chi connectivity index (χ3n) is 3.93. The predicted octanol–water partition coefficient (Wildman–Crippen LogP) is 2.83. The molecule has 0 saturated heterocycles. The molecule has 0 spiro atoms. The molecule has 1 saturated carbocycles. The molecule has 17 heavy (non-hydrogen) atoms. The summed E-state index contributed by atoms with van der Waals surface area (Å²) in [5.74, 6) is 0.649. The number of hydrogen-bond acceptors (Lipinski definition) is 2. The Hall–Kier alpha value is -0.290. The molecule has 0 radical (unpaired) electrons. The minimum atomic E-state index is -4.15. The fourth-order valence-electron chi connectivity index (χ4n) is 2.63. The van der Waals surface area contributed by atoms with Crippen molar-refractivity contribution in [3.63, 3.8) is 0 Å². The first-order valence-corrected chi connectivity index (χ1v) is 6.42. The summed E-state index contributed by atoms with van der Waals surface area (Å²) in [4.78, 5) is 0. The number of alkyl halides is 3. The molecule has 0 bridgehead atoms. The van der Waals surface area contributed by atoms with Gasteiger partial charge in [-0.2, -0.15) is 13.2 Å². The zero-order valence-corrected chi connectivity index (χ0v) is 10.4. The van der Waals surface area contributed by atoms with Gasteiger partial charge in [0.15, 0.2) is 0 Å². The van der Waals surface area contributed by atoms with Gasteiger partial charge in [0.1, 0.15) is 0 Å². The topological polar surface area (TPSA) is 38.0 Å². The van der Waals surface area contributed by atoms with Gasteiger partial charge in [-0.15, -0.1) is 0 Å². The molecule has 3 N–H and O–H groups in total. The summed E-state index contributed by atoms with van der Waals surface area (Å²) in [7, 11) is 0. The summed E-state index contributed by atoms with van der Waals surface area (Å²) in [5, 5.41) is 2.66. The molecule has 102 valence electrons. The van der Waals surface area contributed by atoms with E-state index < -0.39 is 18.3 Å². The van der Waals surface area contributed by atoms with Crippen LogP contribution in [0.5, 0.6) is 0 Å². The Morgan fingerprint density at radius 2 is 2.00 bits per heavy atom. The van der Waals surface area contributed by atoms with Crippen molar-refractivity contribution < 1.29 is 13.2 Å². The van der Waals surface area contributed by atoms with E-state index >= 15 is 0 Å². The molecule has 2 atom stereocenters. The van der Waals surface area contributed by atoms with Gasteiger partial charge in [-0.1, -0.05) is 26.2 Å². The summed E-state index contributed by atoms with van der Waals surface area (Å²) in [5.41, 5.74) is 5.19. The van der Waals surface area contributed by atoms with Crippen LogP contribution < -0.4 is 11.1 Å². The van der Waals surface area contributed by atoms with Gasteiger partial charge in [-0.05, 0) is 25.2 Å². The Balaban J connectivity index is 2.55. The lowest BCUT2D eigenvalue weighted by molar-refractivity contribution is -0.129. The third-order valence-corrected chi connectivity index (χ3v) is 3.93. The quantitative estimate of drug-likeness (QED) is 0.755. The fourth-order valence-corrected chi connectivity index (χ4v) is 2.63. The lowest BCUT2D eigenvalue weighted by Gasteiger charge is -2.33. The number of rotatable bonds is 4. The van der Waals surface area contributed by atoms with Gasteiger partial charge in [-0.3, -0.25) is 0 Å². The molecule has 0 amide bonds. The molecule has 1 fully saturated rings. The molecule has 0 aliphatic heterocycles. The predicted molar refractivity (Wildman–Crippen MR) is 62.7 cm³/mol. The van der Waals surface area contributed by atoms with Crippen molar-refractivity contribution in [2.24, 2.45) is 11.7 Å². The van der Waals surface area contributed by atoms with Crippen LogP contribution in [0.2, 0.25) is 0 Å². The fraction of sp³-hybridized carbons (Fsp3) is 1.00. The van der Waals surface area contributed by atoms with Crippen molar-refractivity contribution in [3.8, 4) is 0 Å². The van der Waals surface area contributed by atoms with E-state index in [-0.39, 0.29) is 0 Å². The molecule has 1 aliphatic rings. The minimum Gasteiger partial charge on any atom is -0.329 e. The van der Waals surface area contributed by atoms with Crippen LogP contribution in [0, 0.1) is 5.92 Å². The molecular weight excluding hydrogens is 229 g/mol. The largest absolute Gasteiger partial charge is 0.401 e. The molecule has 0 aromatic heterocycles. The number of nitrogens with one attached hydrogen (secondary N) is 1. The second-order valence-corrected chi connectivity index (χ2v) is 5.16. The molecular formula is C12H23F3N2. The maximum absolute atomic E-state index is 12.3. The maximum atomic E-state index is 12.3. The second kappa shape index (κ2) is 6.05. The first kappa shape index (κ1) is 14.8. The normalized spacial score (nSPS) is 31.2. The van der Waals surface area contributed by atoms with Gasteiger partial charge in [0.05, 0.1) is 6.54 Å². The van der Waals surface area contributed by atoms with Gasteiger partial charge in [0.25, 0.3) is 0 Å². The van der Waals surface area contributed by atoms with Crippen molar-refractivity contribution in [2.75, 3.05) is 13.1 Å². The van der Waals surface area contributed by atoms with Crippen molar-refractivity contribution in [1.82, 2.24) is 5.32 Å². The average Bonchev–Trinajstić information content (AvgIpc) is 2.48. The standard InChI is InChI=1S/C12H23F3N2/c1-2-10-4-3-6-11(8-16,7-5-10)17-9-12(13,14)15/h10,17H,2-9,16H2,1H3. The number of halogens is 3. The summed E-state index contributed by atoms with van der Waals surface area (Å²) in [6.07, 6.45) is 1.55. The SMILES string of the molecule is CCC1CCCC(CN)(NCC(F)(F)F)CC1. The Morgan fingerprint density at radius 3 is 2.53 bits per heavy atom. The monoisotopic (exact) mass is 252 g/mol. The minimum absolute atomic E-state index is 0.291. The molecule has 1 aliphatic carbocycles. The molecule has 2 nitrogen and oxygen atoms in total. The second-order valence-electron chi connectivity index (χ2n) is 5.16. The highest BCUT2D eigenvalue weighted by Gasteiger charge is 2.36. The number of hydrogen-bond donors (Lipinski definition) is 2. The molecule has 5 heteroatoms. The summed E-state index contributed by atoms with van der Waals surface area (Å²) >= 11 is 0. The number of nitrogens with two attached hydrogens (primary N) is 1. The Labute approximate surface area is 101 Å². The van der Waals surface area contributed by atoms with Gasteiger partial charge >= 0.3 is 6.18 Å². The van der Waals surface area contributed by atoms with E-state index in [2.05, 4.69) is 12.2 Å². The zero-order valence-electron chi connectivity index (χ0n) is 10.4. The maximum Gasteiger partial charge on any atom is 0.401 e. The van der Waals surface area contributed by atoms with Crippen molar-refractivity contribution >= 4 is 0 Å². The van der Waals surface area contributed by atoms with E-state index in [9.17, 15) is 13.2 Å². The van der Waals surface area contributed by atoms with Crippen LogP contribution >= 0.6 is 0 Å². The molecule has 2 unspecified atom stereocenters. The van der Waals surface area contributed by atoms with E-state index in [4.69, 9.17) is 5.73 Å². The van der Waals surface area contributed by atoms with E-state index in [0.717, 1.165) is 38.5 Å². The van der Waals surface area contributed by atoms with Crippen molar-refractivity contribution in [3.05, 3.63) is 0 Å². The van der Waals surface area contributed by atoms with Crippen LogP contribution in [0.1, 0.15) is 45.4 Å².